The van der Waals surface area contributed by atoms with Crippen molar-refractivity contribution in [2.45, 2.75) is 6.42 Å². The molecule has 0 aliphatic carbocycles. The molecule has 0 bridgehead atoms. The Labute approximate surface area is 79.2 Å². The summed E-state index contributed by atoms with van der Waals surface area (Å²) < 4.78 is 0. The summed E-state index contributed by atoms with van der Waals surface area (Å²) in [6, 6.07) is 3.64. The number of rotatable bonds is 3. The molecule has 0 amide bonds. The Kier molecular flexibility index (Phi) is 2.71. The van der Waals surface area contributed by atoms with E-state index in [1.54, 1.807) is 0 Å². The van der Waals surface area contributed by atoms with Gasteiger partial charge in [-0.2, -0.15) is 0 Å². The van der Waals surface area contributed by atoms with Gasteiger partial charge in [0.2, 0.25) is 0 Å². The minimum atomic E-state index is -1.77. The van der Waals surface area contributed by atoms with Gasteiger partial charge in [0, 0.05) is 6.42 Å². The fraction of sp³-hybridized carbons (Fsp3) is 0.111. The zero-order valence-electron chi connectivity index (χ0n) is 7.06. The van der Waals surface area contributed by atoms with Crippen molar-refractivity contribution in [3.05, 3.63) is 23.8 Å². The SMILES string of the molecule is O=C([O-])C(=O)Cc1ccc(O)c(O)c1. The number of carboxylic acid groups (broad SMARTS) is 1. The van der Waals surface area contributed by atoms with E-state index in [1.165, 1.54) is 12.1 Å². The smallest absolute Gasteiger partial charge is 0.182 e. The lowest BCUT2D eigenvalue weighted by Gasteiger charge is -2.03. The van der Waals surface area contributed by atoms with Crippen LogP contribution in [-0.2, 0) is 16.0 Å². The molecule has 1 aromatic carbocycles. The van der Waals surface area contributed by atoms with Gasteiger partial charge in [-0.25, -0.2) is 0 Å². The van der Waals surface area contributed by atoms with Gasteiger partial charge < -0.3 is 20.1 Å². The lowest BCUT2D eigenvalue weighted by molar-refractivity contribution is -0.299. The van der Waals surface area contributed by atoms with Crippen LogP contribution >= 0.6 is 0 Å². The fourth-order valence-corrected chi connectivity index (χ4v) is 0.937. The molecule has 0 aliphatic rings. The van der Waals surface area contributed by atoms with E-state index in [4.69, 9.17) is 10.2 Å². The van der Waals surface area contributed by atoms with Crippen molar-refractivity contribution in [2.75, 3.05) is 0 Å². The number of hydrogen-bond acceptors (Lipinski definition) is 5. The van der Waals surface area contributed by atoms with Crippen LogP contribution in [0, 0.1) is 0 Å². The van der Waals surface area contributed by atoms with E-state index in [1.807, 2.05) is 0 Å². The van der Waals surface area contributed by atoms with Gasteiger partial charge in [-0.3, -0.25) is 4.79 Å². The molecule has 5 heteroatoms. The standard InChI is InChI=1S/C9H8O5/c10-6-2-1-5(3-7(6)11)4-8(12)9(13)14/h1-3,10-11H,4H2,(H,13,14)/p-1. The van der Waals surface area contributed by atoms with E-state index in [2.05, 4.69) is 0 Å². The molecule has 5 nitrogen and oxygen atoms in total. The van der Waals surface area contributed by atoms with Crippen molar-refractivity contribution in [3.8, 4) is 11.5 Å². The topological polar surface area (TPSA) is 97.7 Å². The van der Waals surface area contributed by atoms with E-state index in [0.29, 0.717) is 5.56 Å². The van der Waals surface area contributed by atoms with E-state index >= 15 is 0 Å². The number of phenolic OH excluding ortho intramolecular Hbond substituents is 2. The van der Waals surface area contributed by atoms with Gasteiger partial charge in [0.1, 0.15) is 5.97 Å². The second-order valence-electron chi connectivity index (χ2n) is 2.71. The van der Waals surface area contributed by atoms with Crippen molar-refractivity contribution >= 4 is 11.8 Å². The van der Waals surface area contributed by atoms with Crippen LogP contribution < -0.4 is 5.11 Å². The first-order valence-electron chi connectivity index (χ1n) is 3.75. The first kappa shape index (κ1) is 10.0. The number of ketones is 1. The highest BCUT2D eigenvalue weighted by molar-refractivity contribution is 6.32. The van der Waals surface area contributed by atoms with Gasteiger partial charge in [-0.05, 0) is 17.7 Å². The van der Waals surface area contributed by atoms with Gasteiger partial charge in [0.25, 0.3) is 0 Å². The molecule has 0 heterocycles. The third kappa shape index (κ3) is 2.22. The normalized spacial score (nSPS) is 9.71. The molecular formula is C9H7O5-. The van der Waals surface area contributed by atoms with Crippen LogP contribution in [0.4, 0.5) is 0 Å². The molecule has 0 atom stereocenters. The fourth-order valence-electron chi connectivity index (χ4n) is 0.937. The summed E-state index contributed by atoms with van der Waals surface area (Å²) in [7, 11) is 0. The van der Waals surface area contributed by atoms with Gasteiger partial charge in [0.05, 0.1) is 0 Å². The second kappa shape index (κ2) is 3.78. The van der Waals surface area contributed by atoms with Crippen LogP contribution in [0.25, 0.3) is 0 Å². The molecule has 0 unspecified atom stereocenters. The quantitative estimate of drug-likeness (QED) is 0.474. The van der Waals surface area contributed by atoms with Crippen LogP contribution in [0.5, 0.6) is 11.5 Å². The first-order valence-corrected chi connectivity index (χ1v) is 3.75. The highest BCUT2D eigenvalue weighted by atomic mass is 16.4. The van der Waals surface area contributed by atoms with Gasteiger partial charge >= 0.3 is 0 Å². The highest BCUT2D eigenvalue weighted by Crippen LogP contribution is 2.24. The maximum Gasteiger partial charge on any atom is 0.182 e. The number of hydrogen-bond donors (Lipinski definition) is 2. The maximum absolute atomic E-state index is 10.7. The van der Waals surface area contributed by atoms with Crippen LogP contribution in [0.2, 0.25) is 0 Å². The van der Waals surface area contributed by atoms with Crippen molar-refractivity contribution in [1.82, 2.24) is 0 Å². The Bertz CT molecular complexity index is 383. The average Bonchev–Trinajstić information content (AvgIpc) is 2.11. The molecule has 1 rings (SSSR count). The van der Waals surface area contributed by atoms with Crippen molar-refractivity contribution < 1.29 is 24.9 Å². The van der Waals surface area contributed by atoms with Gasteiger partial charge in [0.15, 0.2) is 17.3 Å². The van der Waals surface area contributed by atoms with Crippen LogP contribution in [0.15, 0.2) is 18.2 Å². The number of benzene rings is 1. The second-order valence-corrected chi connectivity index (χ2v) is 2.71. The molecule has 14 heavy (non-hydrogen) atoms. The van der Waals surface area contributed by atoms with E-state index < -0.39 is 17.5 Å². The molecule has 1 aromatic rings. The lowest BCUT2D eigenvalue weighted by Crippen LogP contribution is -2.32. The summed E-state index contributed by atoms with van der Waals surface area (Å²) in [5, 5.41) is 28.0. The third-order valence-electron chi connectivity index (χ3n) is 1.63. The predicted molar refractivity (Wildman–Crippen MR) is 43.5 cm³/mol. The molecule has 0 radical (unpaired) electrons. The number of carbonyl (C=O) groups is 2. The van der Waals surface area contributed by atoms with E-state index in [-0.39, 0.29) is 12.2 Å². The van der Waals surface area contributed by atoms with Crippen LogP contribution in [0.3, 0.4) is 0 Å². The van der Waals surface area contributed by atoms with Crippen molar-refractivity contribution in [2.24, 2.45) is 0 Å². The Morgan fingerprint density at radius 1 is 1.21 bits per heavy atom. The molecule has 0 aliphatic heterocycles. The lowest BCUT2D eigenvalue weighted by atomic mass is 10.1. The number of phenols is 2. The average molecular weight is 195 g/mol. The van der Waals surface area contributed by atoms with Gasteiger partial charge in [-0.15, -0.1) is 0 Å². The number of carboxylic acids is 1. The first-order chi connectivity index (χ1) is 6.50. The molecular weight excluding hydrogens is 188 g/mol. The molecule has 0 aromatic heterocycles. The predicted octanol–water partition coefficient (Wildman–Crippen LogP) is -1.04. The highest BCUT2D eigenvalue weighted by Gasteiger charge is 2.06. The minimum Gasteiger partial charge on any atom is -0.542 e. The van der Waals surface area contributed by atoms with E-state index in [9.17, 15) is 14.7 Å². The Hall–Kier alpha value is -2.04. The zero-order chi connectivity index (χ0) is 10.7. The molecule has 74 valence electrons. The Morgan fingerprint density at radius 3 is 2.36 bits per heavy atom. The molecule has 0 spiro atoms. The number of aliphatic carboxylic acids is 1. The number of aromatic hydroxyl groups is 2. The molecule has 0 saturated heterocycles. The largest absolute Gasteiger partial charge is 0.542 e. The Balaban J connectivity index is 2.83. The third-order valence-corrected chi connectivity index (χ3v) is 1.63. The Morgan fingerprint density at radius 2 is 1.86 bits per heavy atom. The van der Waals surface area contributed by atoms with Gasteiger partial charge in [-0.1, -0.05) is 6.07 Å². The van der Waals surface area contributed by atoms with Crippen LogP contribution in [-0.4, -0.2) is 22.0 Å². The molecule has 0 saturated carbocycles. The summed E-state index contributed by atoms with van der Waals surface area (Å²) in [5.41, 5.74) is 0.300. The summed E-state index contributed by atoms with van der Waals surface area (Å²) in [5.74, 6) is -3.56. The van der Waals surface area contributed by atoms with Crippen molar-refractivity contribution in [3.63, 3.8) is 0 Å². The molecule has 0 fully saturated rings. The maximum atomic E-state index is 10.7. The summed E-state index contributed by atoms with van der Waals surface area (Å²) >= 11 is 0. The summed E-state index contributed by atoms with van der Waals surface area (Å²) in [6.07, 6.45) is -0.365. The zero-order valence-corrected chi connectivity index (χ0v) is 7.06. The number of Topliss-reactive ketones (excluding diaryl/α,β-unsaturated/α-hetero) is 1. The number of carbonyl (C=O) groups excluding carboxylic acids is 2. The van der Waals surface area contributed by atoms with Crippen molar-refractivity contribution in [1.29, 1.82) is 0 Å². The monoisotopic (exact) mass is 195 g/mol. The van der Waals surface area contributed by atoms with E-state index in [0.717, 1.165) is 6.07 Å². The summed E-state index contributed by atoms with van der Waals surface area (Å²) in [6.45, 7) is 0. The molecule has 2 N–H and O–H groups in total. The minimum absolute atomic E-state index is 0.300. The van der Waals surface area contributed by atoms with Crippen LogP contribution in [0.1, 0.15) is 5.56 Å². The summed E-state index contributed by atoms with van der Waals surface area (Å²) in [4.78, 5) is 20.8.